The largest absolute Gasteiger partial charge is 0.500 e. The summed E-state index contributed by atoms with van der Waals surface area (Å²) in [4.78, 5) is 1.58. The molecule has 0 unspecified atom stereocenters. The number of nitrogens with zero attached hydrogens (tertiary/aromatic N) is 3. The highest BCUT2D eigenvalue weighted by Gasteiger charge is 2.39. The lowest BCUT2D eigenvalue weighted by Gasteiger charge is -2.28. The third-order valence-electron chi connectivity index (χ3n) is 2.49. The van der Waals surface area contributed by atoms with E-state index in [0.717, 1.165) is 12.5 Å². The second-order valence-corrected chi connectivity index (χ2v) is 6.68. The fourth-order valence-corrected chi connectivity index (χ4v) is 4.45. The van der Waals surface area contributed by atoms with Crippen LogP contribution in [-0.4, -0.2) is 43.6 Å². The monoisotopic (exact) mass is 288 g/mol. The smallest absolute Gasteiger partial charge is 0.381 e. The van der Waals surface area contributed by atoms with E-state index in [9.17, 15) is 0 Å². The molecule has 0 aliphatic carbocycles. The predicted octanol–water partition coefficient (Wildman–Crippen LogP) is 1.30. The maximum absolute atomic E-state index is 5.77. The van der Waals surface area contributed by atoms with Crippen molar-refractivity contribution < 1.29 is 13.3 Å². The van der Waals surface area contributed by atoms with Gasteiger partial charge in [0.25, 0.3) is 0 Å². The second kappa shape index (κ2) is 8.26. The van der Waals surface area contributed by atoms with Gasteiger partial charge in [0.1, 0.15) is 0 Å². The zero-order valence-electron chi connectivity index (χ0n) is 12.0. The van der Waals surface area contributed by atoms with Gasteiger partial charge in [-0.25, -0.2) is 0 Å². The van der Waals surface area contributed by atoms with Crippen molar-refractivity contribution in [2.45, 2.75) is 39.8 Å². The lowest BCUT2D eigenvalue weighted by atomic mass is 10.5. The first-order chi connectivity index (χ1) is 9.15. The molecule has 1 rings (SSSR count). The molecule has 8 heteroatoms. The molecule has 0 saturated heterocycles. The summed E-state index contributed by atoms with van der Waals surface area (Å²) in [6.45, 7) is 8.33. The van der Waals surface area contributed by atoms with Crippen molar-refractivity contribution in [2.24, 2.45) is 0 Å². The minimum Gasteiger partial charge on any atom is -0.381 e. The summed E-state index contributed by atoms with van der Waals surface area (Å²) in [5.41, 5.74) is 5.52. The molecule has 0 fully saturated rings. The zero-order valence-corrected chi connectivity index (χ0v) is 13.0. The van der Waals surface area contributed by atoms with Gasteiger partial charge in [0.05, 0.1) is 12.7 Å². The van der Waals surface area contributed by atoms with Crippen molar-refractivity contribution in [3.8, 4) is 0 Å². The highest BCUT2D eigenvalue weighted by molar-refractivity contribution is 6.60. The Morgan fingerprint density at radius 1 is 1.16 bits per heavy atom. The van der Waals surface area contributed by atoms with E-state index < -0.39 is 8.80 Å². The van der Waals surface area contributed by atoms with Crippen LogP contribution in [-0.2, 0) is 19.8 Å². The normalized spacial score (nSPS) is 11.9. The molecule has 2 N–H and O–H groups in total. The Kier molecular flexibility index (Phi) is 6.99. The number of nitrogens with two attached hydrogens (primary N) is 1. The summed E-state index contributed by atoms with van der Waals surface area (Å²) >= 11 is 0. The van der Waals surface area contributed by atoms with Gasteiger partial charge < -0.3 is 19.0 Å². The highest BCUT2D eigenvalue weighted by atomic mass is 28.4. The first-order valence-electron chi connectivity index (χ1n) is 6.73. The SMILES string of the molecule is CCO[Si](CCCn1ncc(N)n1)(OCC)OCC. The zero-order chi connectivity index (χ0) is 14.1. The van der Waals surface area contributed by atoms with Crippen molar-refractivity contribution in [2.75, 3.05) is 25.6 Å². The molecule has 0 aliphatic rings. The van der Waals surface area contributed by atoms with Crippen molar-refractivity contribution >= 4 is 14.6 Å². The minimum absolute atomic E-state index is 0.433. The third kappa shape index (κ3) is 5.27. The Morgan fingerprint density at radius 3 is 2.16 bits per heavy atom. The van der Waals surface area contributed by atoms with Crippen LogP contribution >= 0.6 is 0 Å². The van der Waals surface area contributed by atoms with Gasteiger partial charge in [-0.2, -0.15) is 9.90 Å². The van der Waals surface area contributed by atoms with Gasteiger partial charge in [0, 0.05) is 25.9 Å². The first kappa shape index (κ1) is 16.1. The van der Waals surface area contributed by atoms with E-state index in [0.29, 0.717) is 32.2 Å². The van der Waals surface area contributed by atoms with Gasteiger partial charge in [-0.05, 0) is 27.2 Å². The van der Waals surface area contributed by atoms with Crippen LogP contribution in [0, 0.1) is 0 Å². The number of nitrogen functional groups attached to an aromatic ring is 1. The molecule has 0 aliphatic heterocycles. The molecule has 0 aromatic carbocycles. The molecular formula is C11H24N4O3Si. The molecule has 19 heavy (non-hydrogen) atoms. The van der Waals surface area contributed by atoms with Crippen LogP contribution in [0.2, 0.25) is 6.04 Å². The number of hydrogen-bond donors (Lipinski definition) is 1. The van der Waals surface area contributed by atoms with Crippen molar-refractivity contribution in [1.29, 1.82) is 0 Å². The minimum atomic E-state index is -2.54. The Bertz CT molecular complexity index is 344. The quantitative estimate of drug-likeness (QED) is 0.653. The van der Waals surface area contributed by atoms with Crippen molar-refractivity contribution in [1.82, 2.24) is 15.0 Å². The number of hydrogen-bond acceptors (Lipinski definition) is 6. The maximum atomic E-state index is 5.77. The first-order valence-corrected chi connectivity index (χ1v) is 8.66. The molecule has 0 atom stereocenters. The Morgan fingerprint density at radius 2 is 1.74 bits per heavy atom. The van der Waals surface area contributed by atoms with E-state index in [4.69, 9.17) is 19.0 Å². The van der Waals surface area contributed by atoms with Gasteiger partial charge in [-0.1, -0.05) is 0 Å². The van der Waals surface area contributed by atoms with E-state index >= 15 is 0 Å². The molecular weight excluding hydrogens is 264 g/mol. The van der Waals surface area contributed by atoms with E-state index in [2.05, 4.69) is 10.2 Å². The molecule has 0 saturated carbocycles. The lowest BCUT2D eigenvalue weighted by Crippen LogP contribution is -2.46. The molecule has 7 nitrogen and oxygen atoms in total. The van der Waals surface area contributed by atoms with Gasteiger partial charge in [-0.3, -0.25) is 0 Å². The van der Waals surface area contributed by atoms with Crippen LogP contribution in [0.25, 0.3) is 0 Å². The summed E-state index contributed by atoms with van der Waals surface area (Å²) in [6.07, 6.45) is 2.37. The molecule has 1 heterocycles. The maximum Gasteiger partial charge on any atom is 0.500 e. The Hall–Kier alpha value is -0.963. The van der Waals surface area contributed by atoms with Crippen LogP contribution in [0.15, 0.2) is 6.20 Å². The van der Waals surface area contributed by atoms with Gasteiger partial charge in [0.2, 0.25) is 0 Å². The fraction of sp³-hybridized carbons (Fsp3) is 0.818. The third-order valence-corrected chi connectivity index (χ3v) is 5.64. The number of aryl methyl sites for hydroxylation is 1. The molecule has 1 aromatic rings. The molecule has 0 bridgehead atoms. The average Bonchev–Trinajstić information content (AvgIpc) is 2.76. The molecule has 0 radical (unpaired) electrons. The molecule has 1 aromatic heterocycles. The van der Waals surface area contributed by atoms with Crippen LogP contribution < -0.4 is 5.73 Å². The van der Waals surface area contributed by atoms with E-state index in [1.807, 2.05) is 20.8 Å². The predicted molar refractivity (Wildman–Crippen MR) is 74.5 cm³/mol. The summed E-state index contributed by atoms with van der Waals surface area (Å²) in [7, 11) is -2.54. The van der Waals surface area contributed by atoms with E-state index in [-0.39, 0.29) is 0 Å². The summed E-state index contributed by atoms with van der Waals surface area (Å²) in [5.74, 6) is 0.433. The highest BCUT2D eigenvalue weighted by Crippen LogP contribution is 2.18. The van der Waals surface area contributed by atoms with Crippen LogP contribution in [0.5, 0.6) is 0 Å². The average molecular weight is 288 g/mol. The summed E-state index contributed by atoms with van der Waals surface area (Å²) in [6, 6.07) is 0.754. The number of aromatic nitrogens is 3. The Labute approximate surface area is 115 Å². The molecule has 0 amide bonds. The number of anilines is 1. The van der Waals surface area contributed by atoms with Crippen LogP contribution in [0.3, 0.4) is 0 Å². The van der Waals surface area contributed by atoms with Gasteiger partial charge in [-0.15, -0.1) is 5.10 Å². The lowest BCUT2D eigenvalue weighted by molar-refractivity contribution is 0.0704. The summed E-state index contributed by atoms with van der Waals surface area (Å²) in [5, 5.41) is 8.09. The van der Waals surface area contributed by atoms with E-state index in [1.165, 1.54) is 6.20 Å². The van der Waals surface area contributed by atoms with Gasteiger partial charge in [0.15, 0.2) is 5.82 Å². The molecule has 0 spiro atoms. The van der Waals surface area contributed by atoms with Crippen LogP contribution in [0.1, 0.15) is 27.2 Å². The topological polar surface area (TPSA) is 84.4 Å². The molecule has 110 valence electrons. The Balaban J connectivity index is 2.50. The van der Waals surface area contributed by atoms with Crippen molar-refractivity contribution in [3.63, 3.8) is 0 Å². The van der Waals surface area contributed by atoms with Gasteiger partial charge >= 0.3 is 8.80 Å². The summed E-state index contributed by atoms with van der Waals surface area (Å²) < 4.78 is 17.3. The van der Waals surface area contributed by atoms with Crippen LogP contribution in [0.4, 0.5) is 5.82 Å². The van der Waals surface area contributed by atoms with E-state index in [1.54, 1.807) is 4.80 Å². The standard InChI is InChI=1S/C11H24N4O3Si/c1-4-16-19(17-5-2,18-6-3)9-7-8-15-13-10-11(12)14-15/h10H,4-9H2,1-3H3,(H2,12,14). The number of rotatable bonds is 10. The second-order valence-electron chi connectivity index (χ2n) is 3.95. The van der Waals surface area contributed by atoms with Crippen molar-refractivity contribution in [3.05, 3.63) is 6.20 Å². The fourth-order valence-electron chi connectivity index (χ4n) is 1.86.